The van der Waals surface area contributed by atoms with E-state index in [4.69, 9.17) is 4.74 Å². The Morgan fingerprint density at radius 1 is 1.17 bits per heavy atom. The van der Waals surface area contributed by atoms with Gasteiger partial charge in [-0.2, -0.15) is 0 Å². The molecule has 0 atom stereocenters. The fraction of sp³-hybridized carbons (Fsp3) is 0.647. The fourth-order valence-corrected chi connectivity index (χ4v) is 4.82. The van der Waals surface area contributed by atoms with Gasteiger partial charge in [-0.15, -0.1) is 0 Å². The van der Waals surface area contributed by atoms with Crippen LogP contribution in [0.1, 0.15) is 32.1 Å². The maximum absolute atomic E-state index is 12.8. The second kappa shape index (κ2) is 7.72. The third-order valence-electron chi connectivity index (χ3n) is 4.85. The van der Waals surface area contributed by atoms with Gasteiger partial charge in [0.25, 0.3) is 0 Å². The van der Waals surface area contributed by atoms with E-state index in [-0.39, 0.29) is 6.04 Å². The third kappa shape index (κ3) is 4.02. The Labute approximate surface area is 144 Å². The van der Waals surface area contributed by atoms with Gasteiger partial charge in [0.1, 0.15) is 5.75 Å². The third-order valence-corrected chi connectivity index (χ3v) is 6.36. The van der Waals surface area contributed by atoms with Gasteiger partial charge in [-0.25, -0.2) is 13.1 Å². The summed E-state index contributed by atoms with van der Waals surface area (Å²) in [5.74, 6) is 0.716. The first kappa shape index (κ1) is 17.5. The van der Waals surface area contributed by atoms with Gasteiger partial charge in [0.05, 0.1) is 17.7 Å². The highest BCUT2D eigenvalue weighted by molar-refractivity contribution is 7.89. The van der Waals surface area contributed by atoms with Gasteiger partial charge in [-0.1, -0.05) is 19.3 Å². The van der Waals surface area contributed by atoms with Crippen molar-refractivity contribution in [1.29, 1.82) is 0 Å². The second-order valence-corrected chi connectivity index (χ2v) is 8.24. The molecule has 0 radical (unpaired) electrons. The number of methoxy groups -OCH3 is 1. The van der Waals surface area contributed by atoms with Gasteiger partial charge in [-0.05, 0) is 31.0 Å². The van der Waals surface area contributed by atoms with Crippen molar-refractivity contribution in [3.8, 4) is 5.75 Å². The van der Waals surface area contributed by atoms with E-state index in [1.165, 1.54) is 6.42 Å². The zero-order valence-electron chi connectivity index (χ0n) is 14.3. The van der Waals surface area contributed by atoms with Crippen molar-refractivity contribution >= 4 is 15.7 Å². The molecule has 7 heteroatoms. The summed E-state index contributed by atoms with van der Waals surface area (Å²) in [7, 11) is -1.87. The second-order valence-electron chi connectivity index (χ2n) is 6.53. The Balaban J connectivity index is 1.84. The van der Waals surface area contributed by atoms with Gasteiger partial charge in [-0.3, -0.25) is 0 Å². The highest BCUT2D eigenvalue weighted by atomic mass is 32.2. The van der Waals surface area contributed by atoms with Crippen LogP contribution in [0.3, 0.4) is 0 Å². The lowest BCUT2D eigenvalue weighted by atomic mass is 9.96. The van der Waals surface area contributed by atoms with E-state index in [9.17, 15) is 8.42 Å². The number of nitrogens with one attached hydrogen (secondary N) is 2. The average molecular weight is 353 g/mol. The topological polar surface area (TPSA) is 70.7 Å². The number of ether oxygens (including phenoxy) is 1. The minimum absolute atomic E-state index is 0.0634. The summed E-state index contributed by atoms with van der Waals surface area (Å²) in [6.45, 7) is 3.47. The highest BCUT2D eigenvalue weighted by Crippen LogP contribution is 2.31. The van der Waals surface area contributed by atoms with Crippen LogP contribution in [0.25, 0.3) is 0 Å². The maximum atomic E-state index is 12.8. The molecule has 1 aliphatic heterocycles. The van der Waals surface area contributed by atoms with E-state index in [0.29, 0.717) is 10.6 Å². The van der Waals surface area contributed by atoms with Crippen LogP contribution >= 0.6 is 0 Å². The van der Waals surface area contributed by atoms with Crippen molar-refractivity contribution in [2.24, 2.45) is 0 Å². The number of anilines is 1. The molecule has 0 bridgehead atoms. The standard InChI is InChI=1S/C17H27N3O3S/c1-23-17-8-7-15(13-16(17)20-11-9-18-10-12-20)24(21,22)19-14-5-3-2-4-6-14/h7-8,13-14,18-19H,2-6,9-12H2,1H3. The Morgan fingerprint density at radius 3 is 2.54 bits per heavy atom. The molecule has 1 aromatic carbocycles. The van der Waals surface area contributed by atoms with Crippen LogP contribution in [0, 0.1) is 0 Å². The molecule has 0 spiro atoms. The summed E-state index contributed by atoms with van der Waals surface area (Å²) in [5, 5.41) is 3.31. The van der Waals surface area contributed by atoms with Crippen molar-refractivity contribution in [2.45, 2.75) is 43.0 Å². The molecule has 1 aliphatic carbocycles. The van der Waals surface area contributed by atoms with Crippen LogP contribution in [0.5, 0.6) is 5.75 Å². The predicted octanol–water partition coefficient (Wildman–Crippen LogP) is 1.72. The molecule has 24 heavy (non-hydrogen) atoms. The lowest BCUT2D eigenvalue weighted by molar-refractivity contribution is 0.410. The number of nitrogens with zero attached hydrogens (tertiary/aromatic N) is 1. The van der Waals surface area contributed by atoms with Crippen LogP contribution in [-0.2, 0) is 10.0 Å². The molecule has 1 heterocycles. The molecule has 1 saturated carbocycles. The normalized spacial score (nSPS) is 20.1. The molecule has 2 aliphatic rings. The number of hydrogen-bond acceptors (Lipinski definition) is 5. The zero-order chi connectivity index (χ0) is 17.0. The van der Waals surface area contributed by atoms with Gasteiger partial charge in [0.15, 0.2) is 0 Å². The molecule has 6 nitrogen and oxygen atoms in total. The first-order valence-corrected chi connectivity index (χ1v) is 10.2. The monoisotopic (exact) mass is 353 g/mol. The number of piperazine rings is 1. The first-order chi connectivity index (χ1) is 11.6. The zero-order valence-corrected chi connectivity index (χ0v) is 15.1. The molecule has 3 rings (SSSR count). The van der Waals surface area contributed by atoms with Gasteiger partial charge in [0.2, 0.25) is 10.0 Å². The van der Waals surface area contributed by atoms with Crippen LogP contribution in [0.2, 0.25) is 0 Å². The van der Waals surface area contributed by atoms with Crippen molar-refractivity contribution in [1.82, 2.24) is 10.0 Å². The van der Waals surface area contributed by atoms with Gasteiger partial charge < -0.3 is 15.0 Å². The van der Waals surface area contributed by atoms with Crippen LogP contribution in [-0.4, -0.2) is 47.7 Å². The molecule has 0 amide bonds. The van der Waals surface area contributed by atoms with Crippen molar-refractivity contribution in [3.05, 3.63) is 18.2 Å². The lowest BCUT2D eigenvalue weighted by Crippen LogP contribution is -2.43. The molecule has 2 N–H and O–H groups in total. The van der Waals surface area contributed by atoms with Crippen molar-refractivity contribution in [2.75, 3.05) is 38.2 Å². The average Bonchev–Trinajstić information content (AvgIpc) is 2.62. The van der Waals surface area contributed by atoms with Crippen molar-refractivity contribution < 1.29 is 13.2 Å². The largest absolute Gasteiger partial charge is 0.495 e. The molecule has 134 valence electrons. The van der Waals surface area contributed by atoms with Gasteiger partial charge >= 0.3 is 0 Å². The predicted molar refractivity (Wildman–Crippen MR) is 95.3 cm³/mol. The summed E-state index contributed by atoms with van der Waals surface area (Å²) in [6, 6.07) is 5.20. The summed E-state index contributed by atoms with van der Waals surface area (Å²) in [4.78, 5) is 2.50. The van der Waals surface area contributed by atoms with E-state index in [1.807, 2.05) is 0 Å². The lowest BCUT2D eigenvalue weighted by Gasteiger charge is -2.31. The number of hydrogen-bond donors (Lipinski definition) is 2. The van der Waals surface area contributed by atoms with Gasteiger partial charge in [0, 0.05) is 32.2 Å². The Bertz CT molecular complexity index is 651. The van der Waals surface area contributed by atoms with E-state index in [2.05, 4.69) is 14.9 Å². The van der Waals surface area contributed by atoms with Crippen LogP contribution < -0.4 is 19.7 Å². The number of rotatable bonds is 5. The minimum Gasteiger partial charge on any atom is -0.495 e. The van der Waals surface area contributed by atoms with Crippen molar-refractivity contribution in [3.63, 3.8) is 0 Å². The highest BCUT2D eigenvalue weighted by Gasteiger charge is 2.24. The minimum atomic E-state index is -3.49. The smallest absolute Gasteiger partial charge is 0.240 e. The Morgan fingerprint density at radius 2 is 1.88 bits per heavy atom. The van der Waals surface area contributed by atoms with E-state index >= 15 is 0 Å². The summed E-state index contributed by atoms with van der Waals surface area (Å²) >= 11 is 0. The summed E-state index contributed by atoms with van der Waals surface area (Å²) in [5.41, 5.74) is 0.852. The summed E-state index contributed by atoms with van der Waals surface area (Å²) < 4.78 is 33.8. The molecule has 1 saturated heterocycles. The maximum Gasteiger partial charge on any atom is 0.240 e. The van der Waals surface area contributed by atoms with E-state index in [0.717, 1.165) is 57.5 Å². The first-order valence-electron chi connectivity index (χ1n) is 8.76. The molecule has 0 aromatic heterocycles. The summed E-state index contributed by atoms with van der Waals surface area (Å²) in [6.07, 6.45) is 5.26. The number of sulfonamides is 1. The molecular formula is C17H27N3O3S. The van der Waals surface area contributed by atoms with E-state index < -0.39 is 10.0 Å². The molecular weight excluding hydrogens is 326 g/mol. The SMILES string of the molecule is COc1ccc(S(=O)(=O)NC2CCCCC2)cc1N1CCNCC1. The van der Waals surface area contributed by atoms with Crippen LogP contribution in [0.4, 0.5) is 5.69 Å². The molecule has 2 fully saturated rings. The van der Waals surface area contributed by atoms with E-state index in [1.54, 1.807) is 25.3 Å². The Kier molecular flexibility index (Phi) is 5.63. The molecule has 1 aromatic rings. The fourth-order valence-electron chi connectivity index (χ4n) is 3.50. The number of benzene rings is 1. The molecule has 0 unspecified atom stereocenters. The Hall–Kier alpha value is -1.31. The van der Waals surface area contributed by atoms with Crippen LogP contribution in [0.15, 0.2) is 23.1 Å². The quantitative estimate of drug-likeness (QED) is 0.843.